The standard InChI is InChI=1S/C14H13ClN4O2/c1-8-12(19(20)21)13(15)18-14(16-8)17-11-6-9-4-2-3-5-10(9)7-11/h2-5,11H,6-7H2,1H3,(H,16,17,18). The van der Waals surface area contributed by atoms with Crippen LogP contribution in [0, 0.1) is 17.0 Å². The minimum absolute atomic E-state index is 0.134. The van der Waals surface area contributed by atoms with E-state index in [9.17, 15) is 10.1 Å². The highest BCUT2D eigenvalue weighted by molar-refractivity contribution is 6.31. The summed E-state index contributed by atoms with van der Waals surface area (Å²) in [6.45, 7) is 1.56. The van der Waals surface area contributed by atoms with Crippen LogP contribution in [0.1, 0.15) is 16.8 Å². The Bertz CT molecular complexity index is 672. The number of nitro groups is 1. The Kier molecular flexibility index (Phi) is 3.47. The molecule has 0 fully saturated rings. The first-order chi connectivity index (χ1) is 10.0. The third-order valence-electron chi connectivity index (χ3n) is 3.58. The predicted octanol–water partition coefficient (Wildman–Crippen LogP) is 2.93. The Balaban J connectivity index is 1.80. The first-order valence-electron chi connectivity index (χ1n) is 6.56. The van der Waals surface area contributed by atoms with E-state index in [1.165, 1.54) is 11.1 Å². The van der Waals surface area contributed by atoms with Crippen LogP contribution in [0.25, 0.3) is 0 Å². The van der Waals surface area contributed by atoms with Gasteiger partial charge in [0.15, 0.2) is 0 Å². The summed E-state index contributed by atoms with van der Waals surface area (Å²) in [7, 11) is 0. The molecule has 2 aromatic rings. The van der Waals surface area contributed by atoms with E-state index in [4.69, 9.17) is 11.6 Å². The van der Waals surface area contributed by atoms with Gasteiger partial charge in [0.25, 0.3) is 0 Å². The van der Waals surface area contributed by atoms with Crippen molar-refractivity contribution in [3.63, 3.8) is 0 Å². The normalized spacial score (nSPS) is 14.0. The molecule has 0 saturated carbocycles. The summed E-state index contributed by atoms with van der Waals surface area (Å²) in [5.74, 6) is 0.334. The van der Waals surface area contributed by atoms with Crippen molar-refractivity contribution >= 4 is 23.2 Å². The van der Waals surface area contributed by atoms with Crippen molar-refractivity contribution in [2.45, 2.75) is 25.8 Å². The number of benzene rings is 1. The van der Waals surface area contributed by atoms with E-state index in [2.05, 4.69) is 27.4 Å². The average molecular weight is 305 g/mol. The summed E-state index contributed by atoms with van der Waals surface area (Å²) in [6.07, 6.45) is 1.76. The van der Waals surface area contributed by atoms with Gasteiger partial charge >= 0.3 is 5.69 Å². The lowest BCUT2D eigenvalue weighted by atomic mass is 10.1. The molecule has 0 spiro atoms. The van der Waals surface area contributed by atoms with Gasteiger partial charge in [0, 0.05) is 6.04 Å². The highest BCUT2D eigenvalue weighted by atomic mass is 35.5. The molecule has 0 amide bonds. The molecule has 0 aliphatic heterocycles. The fourth-order valence-electron chi connectivity index (χ4n) is 2.65. The fourth-order valence-corrected chi connectivity index (χ4v) is 2.93. The van der Waals surface area contributed by atoms with Crippen molar-refractivity contribution in [1.29, 1.82) is 0 Å². The van der Waals surface area contributed by atoms with Gasteiger partial charge in [0.05, 0.1) is 4.92 Å². The summed E-state index contributed by atoms with van der Waals surface area (Å²) in [5.41, 5.74) is 2.63. The number of fused-ring (bicyclic) bond motifs is 1. The van der Waals surface area contributed by atoms with Gasteiger partial charge in [0.1, 0.15) is 5.69 Å². The van der Waals surface area contributed by atoms with Crippen molar-refractivity contribution < 1.29 is 4.92 Å². The molecule has 1 N–H and O–H groups in total. The van der Waals surface area contributed by atoms with Crippen LogP contribution in [0.5, 0.6) is 0 Å². The van der Waals surface area contributed by atoms with Crippen LogP contribution in [0.3, 0.4) is 0 Å². The monoisotopic (exact) mass is 304 g/mol. The molecule has 1 aliphatic rings. The number of nitrogens with zero attached hydrogens (tertiary/aromatic N) is 3. The second-order valence-corrected chi connectivity index (χ2v) is 5.41. The van der Waals surface area contributed by atoms with Gasteiger partial charge in [-0.15, -0.1) is 0 Å². The maximum Gasteiger partial charge on any atom is 0.327 e. The quantitative estimate of drug-likeness (QED) is 0.535. The minimum Gasteiger partial charge on any atom is -0.351 e. The second kappa shape index (κ2) is 5.29. The minimum atomic E-state index is -0.563. The van der Waals surface area contributed by atoms with E-state index in [-0.39, 0.29) is 22.6 Å². The van der Waals surface area contributed by atoms with Gasteiger partial charge in [0.2, 0.25) is 11.1 Å². The zero-order chi connectivity index (χ0) is 15.0. The molecule has 3 rings (SSSR count). The van der Waals surface area contributed by atoms with Crippen molar-refractivity contribution in [1.82, 2.24) is 9.97 Å². The number of anilines is 1. The summed E-state index contributed by atoms with van der Waals surface area (Å²) < 4.78 is 0. The first-order valence-corrected chi connectivity index (χ1v) is 6.94. The van der Waals surface area contributed by atoms with Gasteiger partial charge in [-0.1, -0.05) is 35.9 Å². The van der Waals surface area contributed by atoms with Gasteiger partial charge in [-0.3, -0.25) is 10.1 Å². The summed E-state index contributed by atoms with van der Waals surface area (Å²) in [5, 5.41) is 13.9. The maximum atomic E-state index is 10.9. The largest absolute Gasteiger partial charge is 0.351 e. The summed E-state index contributed by atoms with van der Waals surface area (Å²) in [4.78, 5) is 18.4. The molecule has 1 aliphatic carbocycles. The van der Waals surface area contributed by atoms with Crippen LogP contribution in [-0.2, 0) is 12.8 Å². The summed E-state index contributed by atoms with van der Waals surface area (Å²) >= 11 is 5.87. The number of hydrogen-bond donors (Lipinski definition) is 1. The lowest BCUT2D eigenvalue weighted by Gasteiger charge is -2.12. The number of aryl methyl sites for hydroxylation is 1. The Morgan fingerprint density at radius 3 is 2.43 bits per heavy atom. The number of halogens is 1. The molecule has 0 radical (unpaired) electrons. The van der Waals surface area contributed by atoms with E-state index in [0.29, 0.717) is 5.95 Å². The topological polar surface area (TPSA) is 81.0 Å². The van der Waals surface area contributed by atoms with Gasteiger partial charge < -0.3 is 5.32 Å². The maximum absolute atomic E-state index is 10.9. The van der Waals surface area contributed by atoms with Crippen LogP contribution in [0.2, 0.25) is 5.15 Å². The molecular weight excluding hydrogens is 292 g/mol. The van der Waals surface area contributed by atoms with E-state index >= 15 is 0 Å². The van der Waals surface area contributed by atoms with Gasteiger partial charge in [-0.25, -0.2) is 4.98 Å². The molecular formula is C14H13ClN4O2. The van der Waals surface area contributed by atoms with Crippen LogP contribution >= 0.6 is 11.6 Å². The van der Waals surface area contributed by atoms with E-state index in [0.717, 1.165) is 12.8 Å². The molecule has 0 unspecified atom stereocenters. The van der Waals surface area contributed by atoms with Crippen LogP contribution in [-0.4, -0.2) is 20.9 Å². The zero-order valence-corrected chi connectivity index (χ0v) is 12.1. The highest BCUT2D eigenvalue weighted by Gasteiger charge is 2.24. The molecule has 0 atom stereocenters. The van der Waals surface area contributed by atoms with Gasteiger partial charge in [-0.2, -0.15) is 4.98 Å². The molecule has 21 heavy (non-hydrogen) atoms. The third-order valence-corrected chi connectivity index (χ3v) is 3.85. The Morgan fingerprint density at radius 2 is 1.90 bits per heavy atom. The zero-order valence-electron chi connectivity index (χ0n) is 11.3. The molecule has 1 heterocycles. The molecule has 0 bridgehead atoms. The molecule has 6 nitrogen and oxygen atoms in total. The predicted molar refractivity (Wildman–Crippen MR) is 79.7 cm³/mol. The summed E-state index contributed by atoms with van der Waals surface area (Å²) in [6, 6.07) is 8.42. The van der Waals surface area contributed by atoms with Crippen molar-refractivity contribution in [2.75, 3.05) is 5.32 Å². The van der Waals surface area contributed by atoms with E-state index < -0.39 is 4.92 Å². The molecule has 0 saturated heterocycles. The smallest absolute Gasteiger partial charge is 0.327 e. The van der Waals surface area contributed by atoms with E-state index in [1.54, 1.807) is 6.92 Å². The Labute approximate surface area is 126 Å². The molecule has 108 valence electrons. The van der Waals surface area contributed by atoms with Crippen molar-refractivity contribution in [3.8, 4) is 0 Å². The van der Waals surface area contributed by atoms with Crippen LogP contribution < -0.4 is 5.32 Å². The van der Waals surface area contributed by atoms with Crippen LogP contribution in [0.4, 0.5) is 11.6 Å². The fraction of sp³-hybridized carbons (Fsp3) is 0.286. The number of hydrogen-bond acceptors (Lipinski definition) is 5. The first kappa shape index (κ1) is 13.8. The molecule has 7 heteroatoms. The van der Waals surface area contributed by atoms with E-state index in [1.807, 2.05) is 12.1 Å². The van der Waals surface area contributed by atoms with Gasteiger partial charge in [-0.05, 0) is 30.9 Å². The van der Waals surface area contributed by atoms with Crippen molar-refractivity contribution in [3.05, 3.63) is 56.4 Å². The SMILES string of the molecule is Cc1nc(NC2Cc3ccccc3C2)nc(Cl)c1[N+](=O)[O-]. The average Bonchev–Trinajstić information content (AvgIpc) is 2.79. The number of aromatic nitrogens is 2. The Morgan fingerprint density at radius 1 is 1.29 bits per heavy atom. The second-order valence-electron chi connectivity index (χ2n) is 5.05. The molecule has 1 aromatic heterocycles. The number of nitrogens with one attached hydrogen (secondary N) is 1. The third kappa shape index (κ3) is 2.67. The lowest BCUT2D eigenvalue weighted by molar-refractivity contribution is -0.385. The Hall–Kier alpha value is -2.21. The van der Waals surface area contributed by atoms with Crippen LogP contribution in [0.15, 0.2) is 24.3 Å². The lowest BCUT2D eigenvalue weighted by Crippen LogP contribution is -2.21. The van der Waals surface area contributed by atoms with Crippen molar-refractivity contribution in [2.24, 2.45) is 0 Å². The number of rotatable bonds is 3. The molecule has 1 aromatic carbocycles. The highest BCUT2D eigenvalue weighted by Crippen LogP contribution is 2.28.